The minimum atomic E-state index is -0.452. The highest BCUT2D eigenvalue weighted by molar-refractivity contribution is 9.10. The van der Waals surface area contributed by atoms with E-state index in [2.05, 4.69) is 27.0 Å². The van der Waals surface area contributed by atoms with Crippen LogP contribution in [0.2, 0.25) is 5.02 Å². The van der Waals surface area contributed by atoms with E-state index in [0.29, 0.717) is 23.1 Å². The summed E-state index contributed by atoms with van der Waals surface area (Å²) in [5, 5.41) is 1.50. The van der Waals surface area contributed by atoms with Crippen molar-refractivity contribution < 1.29 is 18.7 Å². The van der Waals surface area contributed by atoms with Crippen molar-refractivity contribution in [3.05, 3.63) is 108 Å². The molecule has 0 unspecified atom stereocenters. The first-order valence-electron chi connectivity index (χ1n) is 14.0. The van der Waals surface area contributed by atoms with Gasteiger partial charge < -0.3 is 9.72 Å². The molecule has 6 nitrogen and oxygen atoms in total. The van der Waals surface area contributed by atoms with E-state index in [4.69, 9.17) is 16.3 Å². The van der Waals surface area contributed by atoms with Crippen LogP contribution in [-0.4, -0.2) is 22.0 Å². The summed E-state index contributed by atoms with van der Waals surface area (Å²) in [4.78, 5) is 45.6. The predicted octanol–water partition coefficient (Wildman–Crippen LogP) is 7.25. The number of aromatic amines is 1. The number of hydrogen-bond donors (Lipinski definition) is 1. The molecule has 218 valence electrons. The van der Waals surface area contributed by atoms with Gasteiger partial charge in [-0.1, -0.05) is 51.0 Å². The second-order valence-electron chi connectivity index (χ2n) is 11.5. The summed E-state index contributed by atoms with van der Waals surface area (Å²) in [6, 6.07) is 19.0. The van der Waals surface area contributed by atoms with E-state index < -0.39 is 17.7 Å². The maximum atomic E-state index is 14.0. The third kappa shape index (κ3) is 4.35. The molecule has 3 aromatic carbocycles. The molecule has 2 aliphatic carbocycles. The van der Waals surface area contributed by atoms with E-state index in [1.807, 2.05) is 36.4 Å². The lowest BCUT2D eigenvalue weighted by atomic mass is 9.68. The summed E-state index contributed by atoms with van der Waals surface area (Å²) in [6.07, 6.45) is 0.773. The first-order chi connectivity index (χ1) is 20.8. The summed E-state index contributed by atoms with van der Waals surface area (Å²) in [7, 11) is 0. The fourth-order valence-electron chi connectivity index (χ4n) is 7.89. The quantitative estimate of drug-likeness (QED) is 0.223. The van der Waals surface area contributed by atoms with Crippen LogP contribution in [0.4, 0.5) is 10.1 Å². The molecule has 43 heavy (non-hydrogen) atoms. The maximum absolute atomic E-state index is 14.0. The first-order valence-corrected chi connectivity index (χ1v) is 16.8. The van der Waals surface area contributed by atoms with Gasteiger partial charge in [-0.2, -0.15) is 0 Å². The van der Waals surface area contributed by atoms with E-state index >= 15 is 0 Å². The number of nitrogens with one attached hydrogen (secondary N) is 1. The van der Waals surface area contributed by atoms with Crippen molar-refractivity contribution in [3.8, 4) is 5.75 Å². The molecule has 8 rings (SSSR count). The maximum Gasteiger partial charge on any atom is 0.305 e. The number of amides is 2. The van der Waals surface area contributed by atoms with Gasteiger partial charge in [-0.3, -0.25) is 19.3 Å². The van der Waals surface area contributed by atoms with Crippen LogP contribution >= 0.6 is 50.6 Å². The second-order valence-corrected chi connectivity index (χ2v) is 15.1. The lowest BCUT2D eigenvalue weighted by molar-refractivity contribution is -0.123. The zero-order chi connectivity index (χ0) is 29.6. The molecule has 3 fully saturated rings. The highest BCUT2D eigenvalue weighted by Gasteiger charge is 2.69. The van der Waals surface area contributed by atoms with Crippen LogP contribution in [-0.2, 0) is 16.2 Å². The van der Waals surface area contributed by atoms with Crippen molar-refractivity contribution in [2.75, 3.05) is 4.90 Å². The van der Waals surface area contributed by atoms with Crippen molar-refractivity contribution in [2.45, 2.75) is 29.2 Å². The Bertz CT molecular complexity index is 1860. The molecule has 2 bridgehead atoms. The molecule has 4 aromatic rings. The number of H-pyrrole nitrogens is 1. The van der Waals surface area contributed by atoms with Crippen molar-refractivity contribution >= 4 is 68.1 Å². The van der Waals surface area contributed by atoms with E-state index in [1.54, 1.807) is 11.8 Å². The molecule has 2 saturated carbocycles. The van der Waals surface area contributed by atoms with Gasteiger partial charge in [0.2, 0.25) is 11.8 Å². The summed E-state index contributed by atoms with van der Waals surface area (Å²) in [6.45, 7) is 0.317. The van der Waals surface area contributed by atoms with Crippen LogP contribution in [0, 0.1) is 35.4 Å². The molecule has 2 aliphatic heterocycles. The zero-order valence-electron chi connectivity index (χ0n) is 22.3. The Hall–Kier alpha value is -2.92. The largest absolute Gasteiger partial charge is 0.489 e. The third-order valence-corrected chi connectivity index (χ3v) is 12.7. The van der Waals surface area contributed by atoms with Gasteiger partial charge in [-0.05, 0) is 84.3 Å². The lowest BCUT2D eigenvalue weighted by Crippen LogP contribution is -2.42. The third-order valence-electron chi connectivity index (χ3n) is 9.40. The van der Waals surface area contributed by atoms with Crippen LogP contribution in [0.15, 0.2) is 81.0 Å². The Labute approximate surface area is 267 Å². The van der Waals surface area contributed by atoms with Gasteiger partial charge in [0.15, 0.2) is 0 Å². The number of thiazole rings is 1. The summed E-state index contributed by atoms with van der Waals surface area (Å²) >= 11 is 12.7. The number of ether oxygens (including phenoxy) is 1. The summed E-state index contributed by atoms with van der Waals surface area (Å²) in [5.41, 5.74) is 2.29. The number of nitrogens with zero attached hydrogens (tertiary/aromatic N) is 1. The monoisotopic (exact) mass is 696 g/mol. The second kappa shape index (κ2) is 10.3. The van der Waals surface area contributed by atoms with Gasteiger partial charge in [0.25, 0.3) is 0 Å². The van der Waals surface area contributed by atoms with Crippen molar-refractivity contribution in [2.24, 2.45) is 29.6 Å². The Balaban J connectivity index is 1.20. The van der Waals surface area contributed by atoms with Gasteiger partial charge in [0, 0.05) is 31.1 Å². The molecule has 1 aromatic heterocycles. The SMILES string of the molecule is O=C1[C@H]2[C@H]3C[C@@H]([C@@H]2C(=O)N1c1ccc(F)cc1)[C@H]1[C@H](c2cc(Br)ccc2OCc2cccc(Cl)c2)c2sc(=O)[nH]c2S[C@H]31. The number of halogens is 3. The number of benzene rings is 3. The number of hydrogen-bond acceptors (Lipinski definition) is 6. The predicted molar refractivity (Wildman–Crippen MR) is 167 cm³/mol. The Morgan fingerprint density at radius 2 is 1.77 bits per heavy atom. The number of fused-ring (bicyclic) bond motifs is 9. The van der Waals surface area contributed by atoms with Crippen molar-refractivity contribution in [1.82, 2.24) is 4.98 Å². The summed E-state index contributed by atoms with van der Waals surface area (Å²) < 4.78 is 21.0. The van der Waals surface area contributed by atoms with E-state index in [9.17, 15) is 18.8 Å². The van der Waals surface area contributed by atoms with Gasteiger partial charge in [-0.15, -0.1) is 11.8 Å². The van der Waals surface area contributed by atoms with Crippen LogP contribution in [0.25, 0.3) is 0 Å². The smallest absolute Gasteiger partial charge is 0.305 e. The number of thioether (sulfide) groups is 1. The zero-order valence-corrected chi connectivity index (χ0v) is 26.3. The normalized spacial score (nSPS) is 28.6. The molecule has 1 N–H and O–H groups in total. The van der Waals surface area contributed by atoms with Gasteiger partial charge >= 0.3 is 4.87 Å². The molecule has 4 aliphatic rings. The molecular weight excluding hydrogens is 675 g/mol. The van der Waals surface area contributed by atoms with Crippen LogP contribution in [0.5, 0.6) is 5.75 Å². The Kier molecular flexibility index (Phi) is 6.63. The minimum absolute atomic E-state index is 0.0166. The number of rotatable bonds is 5. The number of anilines is 1. The molecule has 1 saturated heterocycles. The summed E-state index contributed by atoms with van der Waals surface area (Å²) in [5.74, 6) is -1.27. The highest BCUT2D eigenvalue weighted by Crippen LogP contribution is 2.69. The van der Waals surface area contributed by atoms with E-state index in [1.165, 1.54) is 40.5 Å². The van der Waals surface area contributed by atoms with Crippen LogP contribution in [0.3, 0.4) is 0 Å². The number of aromatic nitrogens is 1. The molecule has 11 heteroatoms. The van der Waals surface area contributed by atoms with Gasteiger partial charge in [0.05, 0.1) is 22.5 Å². The number of imide groups is 1. The molecular formula is C32H23BrClFN2O4S2. The molecule has 0 radical (unpaired) electrons. The molecule has 0 spiro atoms. The fraction of sp³-hybridized carbons (Fsp3) is 0.281. The van der Waals surface area contributed by atoms with Crippen LogP contribution < -0.4 is 14.5 Å². The molecule has 2 amide bonds. The molecule has 7 atom stereocenters. The average molecular weight is 698 g/mol. The lowest BCUT2D eigenvalue weighted by Gasteiger charge is -2.43. The van der Waals surface area contributed by atoms with Gasteiger partial charge in [0.1, 0.15) is 18.2 Å². The molecule has 3 heterocycles. The highest BCUT2D eigenvalue weighted by atomic mass is 79.9. The Morgan fingerprint density at radius 1 is 1.00 bits per heavy atom. The van der Waals surface area contributed by atoms with Crippen molar-refractivity contribution in [1.29, 1.82) is 0 Å². The van der Waals surface area contributed by atoms with E-state index in [0.717, 1.165) is 31.9 Å². The van der Waals surface area contributed by atoms with E-state index in [-0.39, 0.29) is 45.6 Å². The number of carbonyl (C=O) groups is 2. The van der Waals surface area contributed by atoms with Crippen molar-refractivity contribution in [3.63, 3.8) is 0 Å². The topological polar surface area (TPSA) is 79.5 Å². The number of carbonyl (C=O) groups excluding carboxylic acids is 2. The van der Waals surface area contributed by atoms with Gasteiger partial charge in [-0.25, -0.2) is 4.39 Å². The standard InChI is InChI=1S/C32H23BrClFN2O4S2/c33-15-4-9-22(41-13-14-2-1-3-16(34)10-14)19(11-15)23-24-20-12-21(27(24)42-29-28(23)43-32(40)36-29)26-25(20)30(38)37(31(26)39)18-7-5-17(35)6-8-18/h1-11,20-21,23-27H,12-13H2,(H,36,40)/t20-,21-,23+,24+,25+,26+,27-/m1/s1. The minimum Gasteiger partial charge on any atom is -0.489 e. The average Bonchev–Trinajstić information content (AvgIpc) is 3.72. The first kappa shape index (κ1) is 27.6. The fourth-order valence-corrected chi connectivity index (χ4v) is 11.4. The Morgan fingerprint density at radius 3 is 2.53 bits per heavy atom. The van der Waals surface area contributed by atoms with Crippen LogP contribution in [0.1, 0.15) is 28.3 Å².